The summed E-state index contributed by atoms with van der Waals surface area (Å²) in [6.07, 6.45) is 3.27. The minimum absolute atomic E-state index is 0.0303. The first-order valence-electron chi connectivity index (χ1n) is 12.6. The molecule has 2 heterocycles. The van der Waals surface area contributed by atoms with Gasteiger partial charge in [0.15, 0.2) is 0 Å². The van der Waals surface area contributed by atoms with Gasteiger partial charge in [0.1, 0.15) is 11.9 Å². The number of nitrogens with one attached hydrogen (secondary N) is 1. The van der Waals surface area contributed by atoms with Crippen molar-refractivity contribution in [3.05, 3.63) is 84.2 Å². The number of likely N-dealkylation sites (N-methyl/N-ethyl adjacent to an activating group) is 1. The molecule has 0 saturated carbocycles. The first-order chi connectivity index (χ1) is 18.2. The second-order valence-corrected chi connectivity index (χ2v) is 11.5. The third-order valence-electron chi connectivity index (χ3n) is 6.66. The molecule has 0 bridgehead atoms. The lowest BCUT2D eigenvalue weighted by Gasteiger charge is -2.38. The van der Waals surface area contributed by atoms with Crippen LogP contribution in [0.1, 0.15) is 29.8 Å². The molecule has 0 radical (unpaired) electrons. The van der Waals surface area contributed by atoms with Gasteiger partial charge in [-0.15, -0.1) is 0 Å². The highest BCUT2D eigenvalue weighted by Crippen LogP contribution is 2.31. The van der Waals surface area contributed by atoms with Crippen LogP contribution in [0, 0.1) is 5.92 Å². The Morgan fingerprint density at radius 2 is 1.87 bits per heavy atom. The van der Waals surface area contributed by atoms with Gasteiger partial charge in [-0.05, 0) is 62.0 Å². The van der Waals surface area contributed by atoms with Gasteiger partial charge in [-0.25, -0.2) is 8.42 Å². The van der Waals surface area contributed by atoms with Gasteiger partial charge in [-0.2, -0.15) is 0 Å². The lowest BCUT2D eigenvalue weighted by atomic mass is 9.99. The summed E-state index contributed by atoms with van der Waals surface area (Å²) < 4.78 is 34.7. The number of aliphatic hydroxyl groups is 1. The summed E-state index contributed by atoms with van der Waals surface area (Å²) in [5.74, 6) is 0.0247. The molecular formula is C28H34N4O5S. The number of pyridine rings is 1. The molecule has 3 atom stereocenters. The Morgan fingerprint density at radius 1 is 1.16 bits per heavy atom. The zero-order valence-electron chi connectivity index (χ0n) is 21.8. The molecule has 4 rings (SSSR count). The number of amides is 1. The largest absolute Gasteiger partial charge is 0.488 e. The van der Waals surface area contributed by atoms with Gasteiger partial charge >= 0.3 is 0 Å². The van der Waals surface area contributed by atoms with Gasteiger partial charge in [0, 0.05) is 43.6 Å². The van der Waals surface area contributed by atoms with Crippen LogP contribution in [0.4, 0.5) is 5.69 Å². The van der Waals surface area contributed by atoms with Crippen LogP contribution >= 0.6 is 0 Å². The first kappa shape index (κ1) is 27.6. The Morgan fingerprint density at radius 3 is 2.55 bits per heavy atom. The lowest BCUT2D eigenvalue weighted by molar-refractivity contribution is 0.0341. The van der Waals surface area contributed by atoms with Crippen LogP contribution in [0.25, 0.3) is 0 Å². The molecule has 1 amide bonds. The molecule has 0 unspecified atom stereocenters. The topological polar surface area (TPSA) is 112 Å². The molecule has 0 saturated heterocycles. The van der Waals surface area contributed by atoms with E-state index in [1.54, 1.807) is 54.5 Å². The second-order valence-electron chi connectivity index (χ2n) is 9.80. The highest BCUT2D eigenvalue weighted by molar-refractivity contribution is 7.92. The average Bonchev–Trinajstić information content (AvgIpc) is 2.91. The lowest BCUT2D eigenvalue weighted by Crippen LogP contribution is -2.49. The summed E-state index contributed by atoms with van der Waals surface area (Å²) in [5, 5.41) is 9.88. The molecule has 202 valence electrons. The van der Waals surface area contributed by atoms with E-state index in [1.165, 1.54) is 18.2 Å². The number of carbonyl (C=O) groups is 1. The van der Waals surface area contributed by atoms with E-state index in [0.29, 0.717) is 25.4 Å². The van der Waals surface area contributed by atoms with Crippen molar-refractivity contribution in [2.24, 2.45) is 5.92 Å². The van der Waals surface area contributed by atoms with E-state index in [2.05, 4.69) is 14.6 Å². The molecule has 1 aliphatic heterocycles. The van der Waals surface area contributed by atoms with Gasteiger partial charge in [-0.1, -0.05) is 25.1 Å². The fourth-order valence-electron chi connectivity index (χ4n) is 4.49. The van der Waals surface area contributed by atoms with Crippen molar-refractivity contribution >= 4 is 21.6 Å². The minimum Gasteiger partial charge on any atom is -0.488 e. The number of nitrogens with zero attached hydrogens (tertiary/aromatic N) is 3. The van der Waals surface area contributed by atoms with Crippen LogP contribution in [0.3, 0.4) is 0 Å². The molecule has 2 aromatic carbocycles. The fraction of sp³-hybridized carbons (Fsp3) is 0.357. The number of hydrogen-bond donors (Lipinski definition) is 2. The van der Waals surface area contributed by atoms with Crippen molar-refractivity contribution in [3.63, 3.8) is 0 Å². The van der Waals surface area contributed by atoms with Crippen LogP contribution < -0.4 is 9.46 Å². The second kappa shape index (κ2) is 11.9. The number of fused-ring (bicyclic) bond motifs is 1. The summed E-state index contributed by atoms with van der Waals surface area (Å²) >= 11 is 0. The number of ether oxygens (including phenoxy) is 1. The van der Waals surface area contributed by atoms with Crippen molar-refractivity contribution in [1.82, 2.24) is 14.8 Å². The van der Waals surface area contributed by atoms with E-state index in [-0.39, 0.29) is 40.7 Å². The Balaban J connectivity index is 1.63. The maximum Gasteiger partial charge on any atom is 0.261 e. The minimum atomic E-state index is -3.84. The number of rotatable bonds is 9. The first-order valence-corrected chi connectivity index (χ1v) is 14.0. The van der Waals surface area contributed by atoms with Crippen LogP contribution in [0.15, 0.2) is 78.0 Å². The number of carbonyl (C=O) groups excluding carboxylic acids is 1. The van der Waals surface area contributed by atoms with Gasteiger partial charge in [0.25, 0.3) is 15.9 Å². The van der Waals surface area contributed by atoms with Crippen molar-refractivity contribution in [2.45, 2.75) is 37.4 Å². The summed E-state index contributed by atoms with van der Waals surface area (Å²) in [6.45, 7) is 5.32. The Labute approximate surface area is 224 Å². The molecule has 1 aromatic heterocycles. The van der Waals surface area contributed by atoms with Crippen LogP contribution in [-0.4, -0.2) is 73.1 Å². The molecule has 38 heavy (non-hydrogen) atoms. The molecule has 1 aliphatic rings. The predicted octanol–water partition coefficient (Wildman–Crippen LogP) is 3.23. The van der Waals surface area contributed by atoms with E-state index < -0.39 is 16.1 Å². The van der Waals surface area contributed by atoms with Crippen LogP contribution in [0.2, 0.25) is 0 Å². The molecule has 10 heteroatoms. The third-order valence-corrected chi connectivity index (χ3v) is 8.06. The summed E-state index contributed by atoms with van der Waals surface area (Å²) in [7, 11) is -1.83. The van der Waals surface area contributed by atoms with Crippen LogP contribution in [-0.2, 0) is 16.6 Å². The molecular weight excluding hydrogens is 504 g/mol. The smallest absolute Gasteiger partial charge is 0.261 e. The highest BCUT2D eigenvalue weighted by Gasteiger charge is 2.33. The van der Waals surface area contributed by atoms with E-state index >= 15 is 0 Å². The number of hydrogen-bond acceptors (Lipinski definition) is 7. The SMILES string of the molecule is C[C@H](CO)N1C[C@H](C)[C@H](CN(C)Cc2ccncc2)Oc2ccc(NS(=O)(=O)c3ccccc3)cc2C1=O. The fourth-order valence-corrected chi connectivity index (χ4v) is 5.56. The van der Waals surface area contributed by atoms with E-state index in [4.69, 9.17) is 4.74 Å². The number of benzene rings is 2. The van der Waals surface area contributed by atoms with Crippen molar-refractivity contribution in [1.29, 1.82) is 0 Å². The molecule has 9 nitrogen and oxygen atoms in total. The van der Waals surface area contributed by atoms with E-state index in [1.807, 2.05) is 26.1 Å². The maximum absolute atomic E-state index is 13.6. The Hall–Kier alpha value is -3.47. The Bertz CT molecular complexity index is 1340. The van der Waals surface area contributed by atoms with Gasteiger partial charge < -0.3 is 14.7 Å². The number of sulfonamides is 1. The normalized spacial score (nSPS) is 18.8. The van der Waals surface area contributed by atoms with E-state index in [0.717, 1.165) is 5.56 Å². The monoisotopic (exact) mass is 538 g/mol. The van der Waals surface area contributed by atoms with Crippen molar-refractivity contribution < 1.29 is 23.1 Å². The quantitative estimate of drug-likeness (QED) is 0.430. The third kappa shape index (κ3) is 6.50. The maximum atomic E-state index is 13.6. The zero-order chi connectivity index (χ0) is 27.3. The highest BCUT2D eigenvalue weighted by atomic mass is 32.2. The average molecular weight is 539 g/mol. The van der Waals surface area contributed by atoms with Gasteiger partial charge in [-0.3, -0.25) is 19.4 Å². The zero-order valence-corrected chi connectivity index (χ0v) is 22.6. The molecule has 3 aromatic rings. The summed E-state index contributed by atoms with van der Waals surface area (Å²) in [5.41, 5.74) is 1.62. The molecule has 0 fully saturated rings. The summed E-state index contributed by atoms with van der Waals surface area (Å²) in [4.78, 5) is 21.6. The number of anilines is 1. The molecule has 0 spiro atoms. The number of aliphatic hydroxyl groups excluding tert-OH is 1. The standard InChI is InChI=1S/C28H34N4O5S/c1-20-16-32(21(2)19-33)28(34)25-15-23(30-38(35,36)24-7-5-4-6-8-24)9-10-26(25)37-27(20)18-31(3)17-22-11-13-29-14-12-22/h4-15,20-21,27,30,33H,16-19H2,1-3H3/t20-,21+,27-/m0/s1. The van der Waals surface area contributed by atoms with Crippen molar-refractivity contribution in [3.8, 4) is 5.75 Å². The van der Waals surface area contributed by atoms with Gasteiger partial charge in [0.2, 0.25) is 0 Å². The van der Waals surface area contributed by atoms with E-state index in [9.17, 15) is 18.3 Å². The summed E-state index contributed by atoms with van der Waals surface area (Å²) in [6, 6.07) is 16.3. The van der Waals surface area contributed by atoms with Gasteiger partial charge in [0.05, 0.1) is 23.1 Å². The Kier molecular flexibility index (Phi) is 8.65. The van der Waals surface area contributed by atoms with Crippen LogP contribution in [0.5, 0.6) is 5.75 Å². The molecule has 2 N–H and O–H groups in total. The number of aromatic nitrogens is 1. The molecule has 0 aliphatic carbocycles. The predicted molar refractivity (Wildman–Crippen MR) is 145 cm³/mol. The van der Waals surface area contributed by atoms with Crippen molar-refractivity contribution in [2.75, 3.05) is 31.5 Å².